The monoisotopic (exact) mass is 260 g/mol. The molecule has 0 radical (unpaired) electrons. The molecule has 17 heavy (non-hydrogen) atoms. The van der Waals surface area contributed by atoms with Crippen LogP contribution in [0.1, 0.15) is 39.0 Å². The number of nitrogens with one attached hydrogen (secondary N) is 1. The van der Waals surface area contributed by atoms with Gasteiger partial charge in [0.1, 0.15) is 0 Å². The van der Waals surface area contributed by atoms with E-state index < -0.39 is 10.0 Å². The van der Waals surface area contributed by atoms with Crippen molar-refractivity contribution in [1.82, 2.24) is 9.62 Å². The van der Waals surface area contributed by atoms with E-state index in [1.54, 1.807) is 4.31 Å². The van der Waals surface area contributed by atoms with Crippen molar-refractivity contribution >= 4 is 10.0 Å². The first-order valence-corrected chi connectivity index (χ1v) is 8.46. The Morgan fingerprint density at radius 2 is 2.00 bits per heavy atom. The van der Waals surface area contributed by atoms with E-state index in [1.807, 2.05) is 6.92 Å². The van der Waals surface area contributed by atoms with Crippen LogP contribution in [0.2, 0.25) is 0 Å². The van der Waals surface area contributed by atoms with E-state index in [0.29, 0.717) is 18.5 Å². The molecule has 0 aromatic heterocycles. The highest BCUT2D eigenvalue weighted by Crippen LogP contribution is 2.37. The van der Waals surface area contributed by atoms with Crippen molar-refractivity contribution in [1.29, 1.82) is 0 Å². The smallest absolute Gasteiger partial charge is 0.215 e. The van der Waals surface area contributed by atoms with E-state index >= 15 is 0 Å². The Bertz CT molecular complexity index is 342. The van der Waals surface area contributed by atoms with Gasteiger partial charge in [0.25, 0.3) is 0 Å². The van der Waals surface area contributed by atoms with Gasteiger partial charge in [0.2, 0.25) is 10.0 Å². The van der Waals surface area contributed by atoms with Crippen LogP contribution < -0.4 is 5.32 Å². The maximum Gasteiger partial charge on any atom is 0.215 e. The predicted molar refractivity (Wildman–Crippen MR) is 69.4 cm³/mol. The molecule has 0 bridgehead atoms. The standard InChI is InChI=1S/C12H24N2O2S/c1-2-13-8-10-17(15,16)14-9-7-11-5-3-4-6-12(11)14/h11-13H,2-10H2,1H3. The van der Waals surface area contributed by atoms with Gasteiger partial charge in [-0.15, -0.1) is 0 Å². The predicted octanol–water partition coefficient (Wildman–Crippen LogP) is 1.19. The Morgan fingerprint density at radius 1 is 1.24 bits per heavy atom. The van der Waals surface area contributed by atoms with Gasteiger partial charge in [-0.25, -0.2) is 8.42 Å². The second-order valence-corrected chi connectivity index (χ2v) is 7.22. The van der Waals surface area contributed by atoms with Gasteiger partial charge < -0.3 is 5.32 Å². The Kier molecular flexibility index (Phi) is 4.44. The lowest BCUT2D eigenvalue weighted by atomic mass is 9.86. The molecule has 2 unspecified atom stereocenters. The summed E-state index contributed by atoms with van der Waals surface area (Å²) in [6.07, 6.45) is 5.85. The molecule has 2 aliphatic rings. The van der Waals surface area contributed by atoms with E-state index in [2.05, 4.69) is 5.32 Å². The quantitative estimate of drug-likeness (QED) is 0.755. The molecule has 1 saturated heterocycles. The largest absolute Gasteiger partial charge is 0.316 e. The summed E-state index contributed by atoms with van der Waals surface area (Å²) in [5.41, 5.74) is 0. The average molecular weight is 260 g/mol. The number of hydrogen-bond acceptors (Lipinski definition) is 3. The van der Waals surface area contributed by atoms with E-state index in [4.69, 9.17) is 0 Å². The Hall–Kier alpha value is -0.130. The summed E-state index contributed by atoms with van der Waals surface area (Å²) in [4.78, 5) is 0. The molecular weight excluding hydrogens is 236 g/mol. The molecule has 2 fully saturated rings. The summed E-state index contributed by atoms with van der Waals surface area (Å²) in [6.45, 7) is 4.16. The highest BCUT2D eigenvalue weighted by molar-refractivity contribution is 7.89. The summed E-state index contributed by atoms with van der Waals surface area (Å²) in [5.74, 6) is 0.891. The summed E-state index contributed by atoms with van der Waals surface area (Å²) in [5, 5.41) is 3.09. The number of fused-ring (bicyclic) bond motifs is 1. The third-order valence-electron chi connectivity index (χ3n) is 4.10. The normalized spacial score (nSPS) is 30.4. The molecule has 2 atom stereocenters. The topological polar surface area (TPSA) is 49.4 Å². The third kappa shape index (κ3) is 3.01. The molecule has 4 nitrogen and oxygen atoms in total. The van der Waals surface area contributed by atoms with Gasteiger partial charge in [0.05, 0.1) is 5.75 Å². The fourth-order valence-electron chi connectivity index (χ4n) is 3.20. The third-order valence-corrected chi connectivity index (χ3v) is 5.99. The first-order valence-electron chi connectivity index (χ1n) is 6.85. The van der Waals surface area contributed by atoms with Crippen molar-refractivity contribution in [2.75, 3.05) is 25.4 Å². The van der Waals surface area contributed by atoms with Crippen LogP contribution in [0, 0.1) is 5.92 Å². The lowest BCUT2D eigenvalue weighted by molar-refractivity contribution is 0.260. The van der Waals surface area contributed by atoms with Crippen LogP contribution in [-0.4, -0.2) is 44.2 Å². The van der Waals surface area contributed by atoms with E-state index in [9.17, 15) is 8.42 Å². The van der Waals surface area contributed by atoms with Gasteiger partial charge in [-0.05, 0) is 31.7 Å². The molecule has 1 saturated carbocycles. The highest BCUT2D eigenvalue weighted by Gasteiger charge is 2.41. The number of hydrogen-bond donors (Lipinski definition) is 1. The van der Waals surface area contributed by atoms with Crippen LogP contribution in [0.15, 0.2) is 0 Å². The van der Waals surface area contributed by atoms with Crippen molar-refractivity contribution in [3.63, 3.8) is 0 Å². The summed E-state index contributed by atoms with van der Waals surface area (Å²) < 4.78 is 26.3. The number of rotatable bonds is 5. The zero-order chi connectivity index (χ0) is 12.3. The molecular formula is C12H24N2O2S. The Labute approximate surface area is 105 Å². The van der Waals surface area contributed by atoms with Crippen LogP contribution in [0.5, 0.6) is 0 Å². The number of sulfonamides is 1. The minimum absolute atomic E-state index is 0.254. The average Bonchev–Trinajstić information content (AvgIpc) is 2.73. The first kappa shape index (κ1) is 13.3. The van der Waals surface area contributed by atoms with Crippen LogP contribution in [0.4, 0.5) is 0 Å². The fourth-order valence-corrected chi connectivity index (χ4v) is 4.91. The molecule has 5 heteroatoms. The molecule has 0 aromatic carbocycles. The molecule has 100 valence electrons. The summed E-state index contributed by atoms with van der Waals surface area (Å²) in [7, 11) is -3.03. The van der Waals surface area contributed by atoms with Gasteiger partial charge in [-0.3, -0.25) is 0 Å². The summed E-state index contributed by atoms with van der Waals surface area (Å²) in [6, 6.07) is 0.315. The van der Waals surface area contributed by atoms with Gasteiger partial charge in [0.15, 0.2) is 0 Å². The highest BCUT2D eigenvalue weighted by atomic mass is 32.2. The first-order chi connectivity index (χ1) is 8.15. The molecule has 0 amide bonds. The summed E-state index contributed by atoms with van der Waals surface area (Å²) >= 11 is 0. The van der Waals surface area contributed by atoms with Crippen molar-refractivity contribution in [3.8, 4) is 0 Å². The number of nitrogens with zero attached hydrogens (tertiary/aromatic N) is 1. The lowest BCUT2D eigenvalue weighted by Crippen LogP contribution is -2.42. The van der Waals surface area contributed by atoms with Crippen molar-refractivity contribution in [3.05, 3.63) is 0 Å². The van der Waals surface area contributed by atoms with Crippen LogP contribution >= 0.6 is 0 Å². The Balaban J connectivity index is 1.96. The van der Waals surface area contributed by atoms with Crippen molar-refractivity contribution < 1.29 is 8.42 Å². The Morgan fingerprint density at radius 3 is 2.76 bits per heavy atom. The maximum absolute atomic E-state index is 12.2. The molecule has 1 aliphatic heterocycles. The van der Waals surface area contributed by atoms with Gasteiger partial charge in [-0.2, -0.15) is 4.31 Å². The molecule has 1 heterocycles. The van der Waals surface area contributed by atoms with Gasteiger partial charge in [0, 0.05) is 19.1 Å². The minimum atomic E-state index is -3.03. The van der Waals surface area contributed by atoms with E-state index in [0.717, 1.165) is 25.9 Å². The van der Waals surface area contributed by atoms with Gasteiger partial charge >= 0.3 is 0 Å². The van der Waals surface area contributed by atoms with Crippen LogP contribution in [0.3, 0.4) is 0 Å². The SMILES string of the molecule is CCNCCS(=O)(=O)N1CCC2CCCCC21. The van der Waals surface area contributed by atoms with E-state index in [-0.39, 0.29) is 5.75 Å². The second kappa shape index (κ2) is 5.67. The molecule has 1 aliphatic carbocycles. The zero-order valence-electron chi connectivity index (χ0n) is 10.7. The molecule has 2 rings (SSSR count). The minimum Gasteiger partial charge on any atom is -0.316 e. The van der Waals surface area contributed by atoms with Gasteiger partial charge in [-0.1, -0.05) is 19.8 Å². The molecule has 1 N–H and O–H groups in total. The van der Waals surface area contributed by atoms with Crippen LogP contribution in [0.25, 0.3) is 0 Å². The second-order valence-electron chi connectivity index (χ2n) is 5.18. The molecule has 0 spiro atoms. The lowest BCUT2D eigenvalue weighted by Gasteiger charge is -2.31. The maximum atomic E-state index is 12.2. The zero-order valence-corrected chi connectivity index (χ0v) is 11.5. The van der Waals surface area contributed by atoms with Crippen LogP contribution in [-0.2, 0) is 10.0 Å². The molecule has 0 aromatic rings. The van der Waals surface area contributed by atoms with E-state index in [1.165, 1.54) is 19.3 Å². The fraction of sp³-hybridized carbons (Fsp3) is 1.00. The van der Waals surface area contributed by atoms with Crippen molar-refractivity contribution in [2.24, 2.45) is 5.92 Å². The van der Waals surface area contributed by atoms with Crippen molar-refractivity contribution in [2.45, 2.75) is 45.1 Å².